The van der Waals surface area contributed by atoms with Crippen molar-refractivity contribution in [1.29, 1.82) is 0 Å². The van der Waals surface area contributed by atoms with Crippen LogP contribution in [0.4, 0.5) is 0 Å². The van der Waals surface area contributed by atoms with Gasteiger partial charge in [0, 0.05) is 24.2 Å². The number of nitrogens with zero attached hydrogens (tertiary/aromatic N) is 7. The first-order valence-electron chi connectivity index (χ1n) is 7.05. The van der Waals surface area contributed by atoms with Crippen LogP contribution in [0.15, 0.2) is 23.7 Å². The molecule has 0 bridgehead atoms. The molecule has 1 fully saturated rings. The van der Waals surface area contributed by atoms with Gasteiger partial charge in [-0.15, -0.1) is 0 Å². The number of hydrogen-bond donors (Lipinski definition) is 1. The zero-order valence-electron chi connectivity index (χ0n) is 12.1. The van der Waals surface area contributed by atoms with Gasteiger partial charge in [-0.1, -0.05) is 16.7 Å². The third kappa shape index (κ3) is 3.07. The summed E-state index contributed by atoms with van der Waals surface area (Å²) in [4.78, 5) is 24.8. The van der Waals surface area contributed by atoms with Gasteiger partial charge in [-0.3, -0.25) is 4.79 Å². The molecule has 2 aromatic rings. The number of piperidine rings is 1. The summed E-state index contributed by atoms with van der Waals surface area (Å²) in [6.07, 6.45) is 2.76. The second kappa shape index (κ2) is 6.41. The molecule has 3 rings (SSSR count). The van der Waals surface area contributed by atoms with Crippen LogP contribution in [-0.4, -0.2) is 55.7 Å². The van der Waals surface area contributed by atoms with E-state index in [0.717, 1.165) is 0 Å². The Morgan fingerprint density at radius 2 is 2.39 bits per heavy atom. The van der Waals surface area contributed by atoms with E-state index in [1.807, 2.05) is 0 Å². The van der Waals surface area contributed by atoms with Crippen molar-refractivity contribution in [3.8, 4) is 0 Å². The maximum Gasteiger partial charge on any atom is 0.242 e. The van der Waals surface area contributed by atoms with Crippen LogP contribution in [0.1, 0.15) is 6.42 Å². The highest BCUT2D eigenvalue weighted by Gasteiger charge is 2.29. The van der Waals surface area contributed by atoms with Crippen molar-refractivity contribution < 1.29 is 9.90 Å². The molecule has 1 saturated heterocycles. The quantitative estimate of drug-likeness (QED) is 0.394. The molecule has 0 unspecified atom stereocenters. The average Bonchev–Trinajstić information content (AvgIpc) is 2.94. The molecule has 1 aliphatic rings. The molecule has 2 atom stereocenters. The molecule has 0 spiro atoms. The predicted molar refractivity (Wildman–Crippen MR) is 82.7 cm³/mol. The number of hydrogen-bond acceptors (Lipinski definition) is 5. The van der Waals surface area contributed by atoms with Gasteiger partial charge in [-0.25, -0.2) is 9.97 Å². The summed E-state index contributed by atoms with van der Waals surface area (Å²) in [7, 11) is 0. The minimum Gasteiger partial charge on any atom is -0.393 e. The van der Waals surface area contributed by atoms with Crippen molar-refractivity contribution in [3.05, 3.63) is 34.2 Å². The number of amides is 1. The van der Waals surface area contributed by atoms with E-state index in [1.54, 1.807) is 21.7 Å². The number of fused-ring (bicyclic) bond motifs is 1. The van der Waals surface area contributed by atoms with E-state index in [9.17, 15) is 9.90 Å². The molecular formula is C13H14ClN7O2. The Balaban J connectivity index is 1.77. The molecule has 1 amide bonds. The van der Waals surface area contributed by atoms with E-state index in [0.29, 0.717) is 24.0 Å². The third-order valence-electron chi connectivity index (χ3n) is 3.91. The van der Waals surface area contributed by atoms with Gasteiger partial charge in [0.2, 0.25) is 5.91 Å². The standard InChI is InChI=1S/C13H14ClN7O2/c14-13-12-8(16-7-17-13)1-3-21(12)6-11(23)20-4-2-10(22)9(5-20)18-19-15/h1,3,7,9-10,22H,2,4-6H2/t9-,10-/m0/s1. The molecule has 0 radical (unpaired) electrons. The number of azide groups is 1. The van der Waals surface area contributed by atoms with Crippen LogP contribution >= 0.6 is 11.6 Å². The Kier molecular flexibility index (Phi) is 4.33. The van der Waals surface area contributed by atoms with Crippen LogP contribution in [0.2, 0.25) is 5.15 Å². The second-order valence-corrected chi connectivity index (χ2v) is 5.67. The lowest BCUT2D eigenvalue weighted by Crippen LogP contribution is -2.49. The summed E-state index contributed by atoms with van der Waals surface area (Å²) >= 11 is 6.07. The van der Waals surface area contributed by atoms with Crippen molar-refractivity contribution in [2.24, 2.45) is 5.11 Å². The van der Waals surface area contributed by atoms with Crippen molar-refractivity contribution in [2.75, 3.05) is 13.1 Å². The van der Waals surface area contributed by atoms with Gasteiger partial charge in [-0.05, 0) is 18.0 Å². The molecule has 1 N–H and O–H groups in total. The molecule has 0 aromatic carbocycles. The van der Waals surface area contributed by atoms with Crippen molar-refractivity contribution in [1.82, 2.24) is 19.4 Å². The minimum absolute atomic E-state index is 0.0790. The second-order valence-electron chi connectivity index (χ2n) is 5.31. The van der Waals surface area contributed by atoms with Gasteiger partial charge < -0.3 is 14.6 Å². The lowest BCUT2D eigenvalue weighted by molar-refractivity contribution is -0.134. The maximum absolute atomic E-state index is 12.5. The van der Waals surface area contributed by atoms with E-state index in [4.69, 9.17) is 17.1 Å². The SMILES string of the molecule is [N-]=[N+]=N[C@H]1CN(C(=O)Cn2ccc3ncnc(Cl)c32)CC[C@@H]1O. The molecule has 1 aliphatic heterocycles. The highest BCUT2D eigenvalue weighted by Crippen LogP contribution is 2.21. The van der Waals surface area contributed by atoms with Gasteiger partial charge in [0.05, 0.1) is 17.7 Å². The van der Waals surface area contributed by atoms with Crippen molar-refractivity contribution >= 4 is 28.5 Å². The van der Waals surface area contributed by atoms with Gasteiger partial charge in [0.15, 0.2) is 5.15 Å². The Bertz CT molecular complexity index is 786. The fraction of sp³-hybridized carbons (Fsp3) is 0.462. The van der Waals surface area contributed by atoms with Crippen molar-refractivity contribution in [2.45, 2.75) is 25.1 Å². The number of carbonyl (C=O) groups excluding carboxylic acids is 1. The Labute approximate surface area is 136 Å². The smallest absolute Gasteiger partial charge is 0.242 e. The normalized spacial score (nSPS) is 21.2. The fourth-order valence-corrected chi connectivity index (χ4v) is 2.94. The molecular weight excluding hydrogens is 322 g/mol. The van der Waals surface area contributed by atoms with Crippen LogP contribution in [0.5, 0.6) is 0 Å². The average molecular weight is 336 g/mol. The van der Waals surface area contributed by atoms with Gasteiger partial charge in [0.25, 0.3) is 0 Å². The molecule has 10 heteroatoms. The highest BCUT2D eigenvalue weighted by atomic mass is 35.5. The van der Waals surface area contributed by atoms with E-state index in [1.165, 1.54) is 6.33 Å². The number of aromatic nitrogens is 3. The highest BCUT2D eigenvalue weighted by molar-refractivity contribution is 6.33. The number of aliphatic hydroxyl groups is 1. The van der Waals surface area contributed by atoms with E-state index < -0.39 is 12.1 Å². The van der Waals surface area contributed by atoms with Crippen LogP contribution in [0, 0.1) is 0 Å². The van der Waals surface area contributed by atoms with E-state index >= 15 is 0 Å². The minimum atomic E-state index is -0.717. The number of carbonyl (C=O) groups is 1. The van der Waals surface area contributed by atoms with E-state index in [2.05, 4.69) is 20.0 Å². The summed E-state index contributed by atoms with van der Waals surface area (Å²) < 4.78 is 1.69. The lowest BCUT2D eigenvalue weighted by Gasteiger charge is -2.34. The zero-order valence-corrected chi connectivity index (χ0v) is 12.8. The van der Waals surface area contributed by atoms with Crippen molar-refractivity contribution in [3.63, 3.8) is 0 Å². The van der Waals surface area contributed by atoms with Crippen LogP contribution in [0.25, 0.3) is 21.5 Å². The first-order valence-corrected chi connectivity index (χ1v) is 7.43. The molecule has 0 saturated carbocycles. The topological polar surface area (TPSA) is 120 Å². The molecule has 0 aliphatic carbocycles. The number of halogens is 1. The summed E-state index contributed by atoms with van der Waals surface area (Å²) in [5, 5.41) is 13.6. The molecule has 23 heavy (non-hydrogen) atoms. The van der Waals surface area contributed by atoms with Crippen LogP contribution < -0.4 is 0 Å². The monoisotopic (exact) mass is 335 g/mol. The van der Waals surface area contributed by atoms with Gasteiger partial charge >= 0.3 is 0 Å². The molecule has 2 aromatic heterocycles. The Morgan fingerprint density at radius 1 is 1.57 bits per heavy atom. The summed E-state index contributed by atoms with van der Waals surface area (Å²) in [6, 6.07) is 1.14. The fourth-order valence-electron chi connectivity index (χ4n) is 2.70. The summed E-state index contributed by atoms with van der Waals surface area (Å²) in [5.74, 6) is -0.146. The first kappa shape index (κ1) is 15.5. The molecule has 3 heterocycles. The van der Waals surface area contributed by atoms with Crippen LogP contribution in [-0.2, 0) is 11.3 Å². The van der Waals surface area contributed by atoms with Gasteiger partial charge in [-0.2, -0.15) is 0 Å². The first-order chi connectivity index (χ1) is 11.1. The Morgan fingerprint density at radius 3 is 3.17 bits per heavy atom. The van der Waals surface area contributed by atoms with Crippen LogP contribution in [0.3, 0.4) is 0 Å². The number of likely N-dealkylation sites (tertiary alicyclic amines) is 1. The Hall–Kier alpha value is -2.35. The van der Waals surface area contributed by atoms with E-state index in [-0.39, 0.29) is 24.1 Å². The summed E-state index contributed by atoms with van der Waals surface area (Å²) in [5.41, 5.74) is 9.80. The zero-order chi connectivity index (χ0) is 16.4. The lowest BCUT2D eigenvalue weighted by atomic mass is 10.0. The third-order valence-corrected chi connectivity index (χ3v) is 4.19. The maximum atomic E-state index is 12.5. The number of rotatable bonds is 3. The largest absolute Gasteiger partial charge is 0.393 e. The van der Waals surface area contributed by atoms with Gasteiger partial charge in [0.1, 0.15) is 18.4 Å². The molecule has 9 nitrogen and oxygen atoms in total. The number of aliphatic hydroxyl groups excluding tert-OH is 1. The predicted octanol–water partition coefficient (Wildman–Crippen LogP) is 1.36. The summed E-state index contributed by atoms with van der Waals surface area (Å²) in [6.45, 7) is 0.698. The molecule has 120 valence electrons.